The maximum absolute atomic E-state index is 13.2. The van der Waals surface area contributed by atoms with Gasteiger partial charge in [-0.2, -0.15) is 0 Å². The van der Waals surface area contributed by atoms with Gasteiger partial charge >= 0.3 is 0 Å². The topological polar surface area (TPSA) is 18.5 Å². The Kier molecular flexibility index (Phi) is 5.36. The third-order valence-electron chi connectivity index (χ3n) is 3.01. The molecule has 0 saturated heterocycles. The summed E-state index contributed by atoms with van der Waals surface area (Å²) in [5.74, 6) is 0.797. The third kappa shape index (κ3) is 3.44. The molecule has 1 unspecified atom stereocenters. The van der Waals surface area contributed by atoms with E-state index < -0.39 is 11.2 Å². The zero-order valence-electron chi connectivity index (χ0n) is 11.3. The van der Waals surface area contributed by atoms with E-state index in [1.165, 1.54) is 12.1 Å². The third-order valence-corrected chi connectivity index (χ3v) is 4.43. The van der Waals surface area contributed by atoms with Gasteiger partial charge in [0.15, 0.2) is 0 Å². The van der Waals surface area contributed by atoms with E-state index in [0.29, 0.717) is 22.6 Å². The molecule has 0 radical (unpaired) electrons. The average Bonchev–Trinajstić information content (AvgIpc) is 2.46. The van der Waals surface area contributed by atoms with E-state index in [1.54, 1.807) is 32.4 Å². The molecule has 0 heterocycles. The van der Waals surface area contributed by atoms with Gasteiger partial charge in [-0.05, 0) is 45.8 Å². The lowest BCUT2D eigenvalue weighted by Crippen LogP contribution is -2.00. The van der Waals surface area contributed by atoms with Crippen LogP contribution < -0.4 is 9.47 Å². The Morgan fingerprint density at radius 2 is 1.71 bits per heavy atom. The van der Waals surface area contributed by atoms with Crippen molar-refractivity contribution in [3.8, 4) is 11.5 Å². The molecule has 6 heteroatoms. The van der Waals surface area contributed by atoms with Gasteiger partial charge < -0.3 is 9.47 Å². The number of ether oxygens (including phenoxy) is 2. The Bertz CT molecular complexity index is 664. The first-order valence-corrected chi connectivity index (χ1v) is 7.59. The van der Waals surface area contributed by atoms with Crippen LogP contribution in [0.5, 0.6) is 11.5 Å². The lowest BCUT2D eigenvalue weighted by molar-refractivity contribution is 0.397. The van der Waals surface area contributed by atoms with Crippen molar-refractivity contribution in [2.24, 2.45) is 0 Å². The molecule has 1 atom stereocenters. The molecule has 0 fully saturated rings. The van der Waals surface area contributed by atoms with Gasteiger partial charge in [0.2, 0.25) is 0 Å². The molecule has 0 bridgehead atoms. The molecule has 2 aromatic carbocycles. The van der Waals surface area contributed by atoms with Crippen molar-refractivity contribution in [3.05, 3.63) is 56.8 Å². The highest BCUT2D eigenvalue weighted by atomic mass is 79.9. The van der Waals surface area contributed by atoms with Gasteiger partial charge in [0.1, 0.15) is 17.3 Å². The fraction of sp³-hybridized carbons (Fsp3) is 0.200. The molecule has 0 saturated carbocycles. The van der Waals surface area contributed by atoms with Gasteiger partial charge in [-0.25, -0.2) is 4.39 Å². The van der Waals surface area contributed by atoms with Gasteiger partial charge in [0, 0.05) is 10.6 Å². The minimum Gasteiger partial charge on any atom is -0.496 e. The monoisotopic (exact) mass is 392 g/mol. The molecule has 112 valence electrons. The summed E-state index contributed by atoms with van der Waals surface area (Å²) in [5.41, 5.74) is 1.29. The van der Waals surface area contributed by atoms with Crippen molar-refractivity contribution in [2.45, 2.75) is 5.38 Å². The van der Waals surface area contributed by atoms with Gasteiger partial charge in [-0.15, -0.1) is 11.6 Å². The zero-order valence-corrected chi connectivity index (χ0v) is 14.4. The predicted octanol–water partition coefficient (Wildman–Crippen LogP) is 5.59. The molecule has 21 heavy (non-hydrogen) atoms. The SMILES string of the molecule is COc1cc(C(Cl)c2ccc(F)cc2Cl)c(OC)cc1Br. The number of halogens is 4. The molecule has 0 aromatic heterocycles. The van der Waals surface area contributed by atoms with Crippen LogP contribution in [-0.2, 0) is 0 Å². The fourth-order valence-corrected chi connectivity index (χ4v) is 3.13. The molecule has 2 aromatic rings. The smallest absolute Gasteiger partial charge is 0.133 e. The first kappa shape index (κ1) is 16.4. The van der Waals surface area contributed by atoms with Gasteiger partial charge in [0.25, 0.3) is 0 Å². The fourth-order valence-electron chi connectivity index (χ4n) is 1.96. The van der Waals surface area contributed by atoms with Gasteiger partial charge in [0.05, 0.1) is 24.1 Å². The van der Waals surface area contributed by atoms with E-state index in [4.69, 9.17) is 32.7 Å². The summed E-state index contributed by atoms with van der Waals surface area (Å²) in [6.07, 6.45) is 0. The minimum atomic E-state index is -0.588. The number of hydrogen-bond donors (Lipinski definition) is 0. The molecule has 0 aliphatic carbocycles. The van der Waals surface area contributed by atoms with E-state index >= 15 is 0 Å². The van der Waals surface area contributed by atoms with Crippen LogP contribution in [0.2, 0.25) is 5.02 Å². The second-order valence-electron chi connectivity index (χ2n) is 4.26. The molecule has 0 aliphatic heterocycles. The zero-order chi connectivity index (χ0) is 15.6. The second-order valence-corrected chi connectivity index (χ2v) is 5.96. The number of alkyl halides is 1. The van der Waals surface area contributed by atoms with Crippen molar-refractivity contribution < 1.29 is 13.9 Å². The van der Waals surface area contributed by atoms with Crippen molar-refractivity contribution in [1.29, 1.82) is 0 Å². The predicted molar refractivity (Wildman–Crippen MR) is 86.4 cm³/mol. The van der Waals surface area contributed by atoms with Crippen LogP contribution in [0.15, 0.2) is 34.8 Å². The van der Waals surface area contributed by atoms with Crippen molar-refractivity contribution in [2.75, 3.05) is 14.2 Å². The highest BCUT2D eigenvalue weighted by molar-refractivity contribution is 9.10. The molecular weight excluding hydrogens is 382 g/mol. The van der Waals surface area contributed by atoms with Crippen LogP contribution in [0.25, 0.3) is 0 Å². The Morgan fingerprint density at radius 1 is 1.05 bits per heavy atom. The minimum absolute atomic E-state index is 0.263. The lowest BCUT2D eigenvalue weighted by Gasteiger charge is -2.17. The first-order valence-electron chi connectivity index (χ1n) is 5.98. The summed E-state index contributed by atoms with van der Waals surface area (Å²) in [6.45, 7) is 0. The summed E-state index contributed by atoms with van der Waals surface area (Å²) < 4.78 is 24.5. The van der Waals surface area contributed by atoms with E-state index in [-0.39, 0.29) is 5.02 Å². The molecular formula is C15H12BrCl2FO2. The van der Waals surface area contributed by atoms with E-state index in [1.807, 2.05) is 0 Å². The number of hydrogen-bond acceptors (Lipinski definition) is 2. The second kappa shape index (κ2) is 6.86. The summed E-state index contributed by atoms with van der Waals surface area (Å²) >= 11 is 16.0. The summed E-state index contributed by atoms with van der Waals surface area (Å²) in [5, 5.41) is -0.325. The largest absolute Gasteiger partial charge is 0.496 e. The molecule has 2 rings (SSSR count). The lowest BCUT2D eigenvalue weighted by atomic mass is 10.0. The van der Waals surface area contributed by atoms with Crippen LogP contribution in [0.4, 0.5) is 4.39 Å². The van der Waals surface area contributed by atoms with Crippen molar-refractivity contribution in [3.63, 3.8) is 0 Å². The number of methoxy groups -OCH3 is 2. The average molecular weight is 394 g/mol. The normalized spacial score (nSPS) is 12.1. The van der Waals surface area contributed by atoms with Crippen LogP contribution in [-0.4, -0.2) is 14.2 Å². The Morgan fingerprint density at radius 3 is 2.29 bits per heavy atom. The highest BCUT2D eigenvalue weighted by Crippen LogP contribution is 2.42. The molecule has 0 spiro atoms. The number of benzene rings is 2. The highest BCUT2D eigenvalue weighted by Gasteiger charge is 2.21. The van der Waals surface area contributed by atoms with Crippen molar-refractivity contribution in [1.82, 2.24) is 0 Å². The molecule has 2 nitrogen and oxygen atoms in total. The summed E-state index contributed by atoms with van der Waals surface area (Å²) in [4.78, 5) is 0. The van der Waals surface area contributed by atoms with E-state index in [2.05, 4.69) is 15.9 Å². The van der Waals surface area contributed by atoms with Crippen LogP contribution in [0.1, 0.15) is 16.5 Å². The van der Waals surface area contributed by atoms with E-state index in [0.717, 1.165) is 4.47 Å². The molecule has 0 N–H and O–H groups in total. The Labute approximate surface area is 140 Å². The van der Waals surface area contributed by atoms with Crippen molar-refractivity contribution >= 4 is 39.1 Å². The van der Waals surface area contributed by atoms with Gasteiger partial charge in [-0.1, -0.05) is 17.7 Å². The standard InChI is InChI=1S/C15H12BrCl2FO2/c1-20-13-7-11(16)14(21-2)6-10(13)15(18)9-4-3-8(19)5-12(9)17/h3-7,15H,1-2H3. The maximum Gasteiger partial charge on any atom is 0.133 e. The maximum atomic E-state index is 13.2. The summed E-state index contributed by atoms with van der Waals surface area (Å²) in [7, 11) is 3.11. The molecule has 0 amide bonds. The Balaban J connectivity index is 2.53. The van der Waals surface area contributed by atoms with E-state index in [9.17, 15) is 4.39 Å². The Hall–Kier alpha value is -0.970. The van der Waals surface area contributed by atoms with Gasteiger partial charge in [-0.3, -0.25) is 0 Å². The first-order chi connectivity index (χ1) is 9.97. The molecule has 0 aliphatic rings. The van der Waals surface area contributed by atoms with Crippen LogP contribution in [0.3, 0.4) is 0 Å². The summed E-state index contributed by atoms with van der Waals surface area (Å²) in [6, 6.07) is 7.64. The number of rotatable bonds is 4. The quantitative estimate of drug-likeness (QED) is 0.630. The van der Waals surface area contributed by atoms with Crippen LogP contribution >= 0.6 is 39.1 Å². The van der Waals surface area contributed by atoms with Crippen LogP contribution in [0, 0.1) is 5.82 Å².